The van der Waals surface area contributed by atoms with Gasteiger partial charge in [0.25, 0.3) is 0 Å². The van der Waals surface area contributed by atoms with Gasteiger partial charge in [-0.25, -0.2) is 0 Å². The first-order chi connectivity index (χ1) is 10.1. The number of carbonyl (C=O) groups excluding carboxylic acids is 2. The fraction of sp³-hybridized carbons (Fsp3) is 0.889. The molecule has 0 N–H and O–H groups in total. The molecule has 1 aliphatic carbocycles. The molecule has 120 valence electrons. The number of carbonyl (C=O) groups is 2. The molecule has 0 aromatic rings. The van der Waals surface area contributed by atoms with Crippen LogP contribution in [0.15, 0.2) is 0 Å². The highest BCUT2D eigenvalue weighted by atomic mass is 16.6. The third kappa shape index (κ3) is 4.55. The number of unbranched alkanes of at least 4 members (excludes halogenated alkanes) is 4. The van der Waals surface area contributed by atoms with Crippen LogP contribution in [0.25, 0.3) is 0 Å². The molecule has 3 unspecified atom stereocenters. The van der Waals surface area contributed by atoms with Crippen molar-refractivity contribution in [2.45, 2.75) is 84.2 Å². The molecule has 4 atom stereocenters. The lowest BCUT2D eigenvalue weighted by molar-refractivity contribution is -0.141. The van der Waals surface area contributed by atoms with E-state index < -0.39 is 0 Å². The van der Waals surface area contributed by atoms with Crippen molar-refractivity contribution in [1.29, 1.82) is 0 Å². The number of hydrogen-bond donors (Lipinski definition) is 0. The van der Waals surface area contributed by atoms with Crippen LogP contribution in [-0.2, 0) is 14.3 Å². The van der Waals surface area contributed by atoms with E-state index >= 15 is 0 Å². The summed E-state index contributed by atoms with van der Waals surface area (Å²) < 4.78 is 5.37. The number of hydrogen-bond acceptors (Lipinski definition) is 3. The minimum Gasteiger partial charge on any atom is -0.462 e. The monoisotopic (exact) mass is 294 g/mol. The van der Waals surface area contributed by atoms with Crippen LogP contribution in [0, 0.1) is 17.8 Å². The Balaban J connectivity index is 1.65. The van der Waals surface area contributed by atoms with E-state index in [1.807, 2.05) is 0 Å². The van der Waals surface area contributed by atoms with E-state index in [0.717, 1.165) is 25.7 Å². The van der Waals surface area contributed by atoms with Gasteiger partial charge >= 0.3 is 5.97 Å². The molecule has 1 saturated heterocycles. The first-order valence-corrected chi connectivity index (χ1v) is 8.83. The Morgan fingerprint density at radius 1 is 1.19 bits per heavy atom. The predicted molar refractivity (Wildman–Crippen MR) is 82.9 cm³/mol. The number of fused-ring (bicyclic) bond motifs is 1. The van der Waals surface area contributed by atoms with Gasteiger partial charge in [-0.3, -0.25) is 9.59 Å². The second-order valence-corrected chi connectivity index (χ2v) is 7.01. The molecule has 21 heavy (non-hydrogen) atoms. The quantitative estimate of drug-likeness (QED) is 0.471. The molecule has 3 nitrogen and oxygen atoms in total. The van der Waals surface area contributed by atoms with Gasteiger partial charge in [0.15, 0.2) is 0 Å². The number of Topliss-reactive ketones (excluding diaryl/α,β-unsaturated/α-hetero) is 1. The zero-order chi connectivity index (χ0) is 15.2. The zero-order valence-electron chi connectivity index (χ0n) is 13.6. The highest BCUT2D eigenvalue weighted by molar-refractivity contribution is 5.78. The fourth-order valence-electron chi connectivity index (χ4n) is 4.12. The molecule has 0 bridgehead atoms. The first-order valence-electron chi connectivity index (χ1n) is 8.83. The lowest BCUT2D eigenvalue weighted by atomic mass is 9.84. The fourth-order valence-corrected chi connectivity index (χ4v) is 4.12. The van der Waals surface area contributed by atoms with E-state index in [-0.39, 0.29) is 12.1 Å². The summed E-state index contributed by atoms with van der Waals surface area (Å²) in [5.74, 6) is 1.84. The molecule has 1 heterocycles. The number of esters is 1. The Hall–Kier alpha value is -0.860. The first kappa shape index (κ1) is 16.5. The van der Waals surface area contributed by atoms with Crippen LogP contribution in [0.4, 0.5) is 0 Å². The van der Waals surface area contributed by atoms with Crippen LogP contribution in [0.3, 0.4) is 0 Å². The van der Waals surface area contributed by atoms with Crippen LogP contribution in [-0.4, -0.2) is 17.9 Å². The second kappa shape index (κ2) is 7.95. The minimum absolute atomic E-state index is 0.0378. The smallest absolute Gasteiger partial charge is 0.306 e. The van der Waals surface area contributed by atoms with E-state index in [0.29, 0.717) is 36.4 Å². The maximum atomic E-state index is 12.0. The van der Waals surface area contributed by atoms with E-state index in [1.165, 1.54) is 25.7 Å². The van der Waals surface area contributed by atoms with Gasteiger partial charge in [0.1, 0.15) is 11.9 Å². The number of rotatable bonds is 9. The van der Waals surface area contributed by atoms with Crippen molar-refractivity contribution >= 4 is 11.8 Å². The summed E-state index contributed by atoms with van der Waals surface area (Å²) in [7, 11) is 0. The number of ether oxygens (including phenoxy) is 1. The summed E-state index contributed by atoms with van der Waals surface area (Å²) in [6, 6.07) is 0. The summed E-state index contributed by atoms with van der Waals surface area (Å²) in [5.41, 5.74) is 0. The summed E-state index contributed by atoms with van der Waals surface area (Å²) in [6.45, 7) is 4.45. The van der Waals surface area contributed by atoms with Crippen molar-refractivity contribution in [3.63, 3.8) is 0 Å². The average molecular weight is 294 g/mol. The normalized spacial score (nSPS) is 31.2. The van der Waals surface area contributed by atoms with Crippen molar-refractivity contribution in [2.75, 3.05) is 0 Å². The van der Waals surface area contributed by atoms with Gasteiger partial charge in [0.05, 0.1) is 6.42 Å². The molecule has 2 rings (SSSR count). The highest BCUT2D eigenvalue weighted by Gasteiger charge is 2.47. The summed E-state index contributed by atoms with van der Waals surface area (Å²) >= 11 is 0. The Bertz CT molecular complexity index is 363. The molecule has 3 heteroatoms. The lowest BCUT2D eigenvalue weighted by Gasteiger charge is -2.19. The molecule has 0 amide bonds. The summed E-state index contributed by atoms with van der Waals surface area (Å²) in [4.78, 5) is 23.4. The Labute approximate surface area is 128 Å². The molecule has 0 aromatic carbocycles. The van der Waals surface area contributed by atoms with Gasteiger partial charge in [-0.2, -0.15) is 0 Å². The van der Waals surface area contributed by atoms with Gasteiger partial charge in [0, 0.05) is 18.8 Å². The third-order valence-electron chi connectivity index (χ3n) is 5.36. The van der Waals surface area contributed by atoms with Crippen molar-refractivity contribution in [1.82, 2.24) is 0 Å². The minimum atomic E-state index is -0.0378. The van der Waals surface area contributed by atoms with Crippen molar-refractivity contribution in [3.05, 3.63) is 0 Å². The molecular formula is C18H30O3. The SMILES string of the molecule is CCCCCCCC(=O)CC[C@H]1C(C)CC2OC(=O)CC21. The van der Waals surface area contributed by atoms with Gasteiger partial charge < -0.3 is 4.74 Å². The Kier molecular flexibility index (Phi) is 6.25. The molecule has 0 spiro atoms. The van der Waals surface area contributed by atoms with E-state index in [2.05, 4.69) is 13.8 Å². The van der Waals surface area contributed by atoms with E-state index in [9.17, 15) is 9.59 Å². The third-order valence-corrected chi connectivity index (χ3v) is 5.36. The van der Waals surface area contributed by atoms with Crippen LogP contribution in [0.5, 0.6) is 0 Å². The Morgan fingerprint density at radius 3 is 2.71 bits per heavy atom. The van der Waals surface area contributed by atoms with Gasteiger partial charge in [-0.05, 0) is 31.1 Å². The molecule has 1 saturated carbocycles. The molecular weight excluding hydrogens is 264 g/mol. The lowest BCUT2D eigenvalue weighted by Crippen LogP contribution is -2.17. The standard InChI is InChI=1S/C18H30O3/c1-3-4-5-6-7-8-14(19)9-10-15-13(2)11-17-16(15)12-18(20)21-17/h13,15-17H,3-12H2,1-2H3/t13?,15-,16?,17?/m0/s1. The molecule has 1 aliphatic heterocycles. The van der Waals surface area contributed by atoms with Gasteiger partial charge in [-0.15, -0.1) is 0 Å². The topological polar surface area (TPSA) is 43.4 Å². The van der Waals surface area contributed by atoms with Crippen LogP contribution in [0.2, 0.25) is 0 Å². The van der Waals surface area contributed by atoms with Crippen molar-refractivity contribution in [2.24, 2.45) is 17.8 Å². The van der Waals surface area contributed by atoms with Crippen LogP contribution in [0.1, 0.15) is 78.1 Å². The molecule has 2 aliphatic rings. The summed E-state index contributed by atoms with van der Waals surface area (Å²) in [5, 5.41) is 0. The maximum absolute atomic E-state index is 12.0. The maximum Gasteiger partial charge on any atom is 0.306 e. The molecule has 2 fully saturated rings. The average Bonchev–Trinajstić information content (AvgIpc) is 2.91. The van der Waals surface area contributed by atoms with Crippen LogP contribution >= 0.6 is 0 Å². The van der Waals surface area contributed by atoms with E-state index in [4.69, 9.17) is 4.74 Å². The molecule has 0 aromatic heterocycles. The van der Waals surface area contributed by atoms with E-state index in [1.54, 1.807) is 0 Å². The Morgan fingerprint density at radius 2 is 1.95 bits per heavy atom. The largest absolute Gasteiger partial charge is 0.462 e. The second-order valence-electron chi connectivity index (χ2n) is 7.01. The summed E-state index contributed by atoms with van der Waals surface area (Å²) in [6.07, 6.45) is 10.1. The predicted octanol–water partition coefficient (Wildman–Crippen LogP) is 4.28. The van der Waals surface area contributed by atoms with Crippen LogP contribution < -0.4 is 0 Å². The highest BCUT2D eigenvalue weighted by Crippen LogP contribution is 2.46. The van der Waals surface area contributed by atoms with Crippen molar-refractivity contribution < 1.29 is 14.3 Å². The zero-order valence-corrected chi connectivity index (χ0v) is 13.6. The van der Waals surface area contributed by atoms with Gasteiger partial charge in [0.2, 0.25) is 0 Å². The van der Waals surface area contributed by atoms with Gasteiger partial charge in [-0.1, -0.05) is 39.5 Å². The number of ketones is 1. The van der Waals surface area contributed by atoms with Crippen molar-refractivity contribution in [3.8, 4) is 0 Å². The molecule has 0 radical (unpaired) electrons.